The molecule has 12 heteroatoms. The van der Waals surface area contributed by atoms with Gasteiger partial charge in [0.25, 0.3) is 0 Å². The lowest BCUT2D eigenvalue weighted by atomic mass is 9.88. The molecule has 50 heavy (non-hydrogen) atoms. The third-order valence-electron chi connectivity index (χ3n) is 9.74. The largest absolute Gasteiger partial charge is 0.504 e. The van der Waals surface area contributed by atoms with E-state index in [1.54, 1.807) is 13.0 Å². The summed E-state index contributed by atoms with van der Waals surface area (Å²) in [4.78, 5) is 12.9. The first-order valence-electron chi connectivity index (χ1n) is 16.2. The van der Waals surface area contributed by atoms with E-state index < -0.39 is 54.1 Å². The van der Waals surface area contributed by atoms with Gasteiger partial charge in [-0.05, 0) is 65.4 Å². The van der Waals surface area contributed by atoms with Gasteiger partial charge < -0.3 is 49.3 Å². The summed E-state index contributed by atoms with van der Waals surface area (Å²) in [7, 11) is 0. The maximum Gasteiger partial charge on any atom is 0.231 e. The lowest BCUT2D eigenvalue weighted by Crippen LogP contribution is -2.55. The molecule has 5 heterocycles. The zero-order valence-electron chi connectivity index (χ0n) is 26.8. The quantitative estimate of drug-likeness (QED) is 0.0897. The van der Waals surface area contributed by atoms with Crippen LogP contribution in [-0.2, 0) is 17.7 Å². The summed E-state index contributed by atoms with van der Waals surface area (Å²) in [5, 5.41) is 61.9. The zero-order valence-corrected chi connectivity index (χ0v) is 26.8. The fraction of sp³-hybridized carbons (Fsp3) is 0.263. The van der Waals surface area contributed by atoms with Crippen LogP contribution >= 0.6 is 0 Å². The minimum absolute atomic E-state index is 0.0522. The third-order valence-corrected chi connectivity index (χ3v) is 9.74. The van der Waals surface area contributed by atoms with Crippen LogP contribution in [0.5, 0.6) is 23.0 Å². The highest BCUT2D eigenvalue weighted by molar-refractivity contribution is 5.92. The SMILES string of the molecule is Cc1cc2oc3cc(O)c(O)cc3c(=O)c2cc1C1OC(CO)C(O)C(O)C1O.c1ccc2c[n+]3c(cc2c1)-c1cc2c(cc1CC3)OCO2. The van der Waals surface area contributed by atoms with Crippen LogP contribution in [-0.4, -0.2) is 68.5 Å². The molecule has 1 fully saturated rings. The molecule has 9 rings (SSSR count). The van der Waals surface area contributed by atoms with Gasteiger partial charge in [-0.3, -0.25) is 4.79 Å². The second-order valence-electron chi connectivity index (χ2n) is 12.8. The molecule has 5 atom stereocenters. The summed E-state index contributed by atoms with van der Waals surface area (Å²) in [5.41, 5.74) is 4.66. The summed E-state index contributed by atoms with van der Waals surface area (Å²) in [6, 6.07) is 20.3. The smallest absolute Gasteiger partial charge is 0.231 e. The van der Waals surface area contributed by atoms with Crippen LogP contribution in [0.15, 0.2) is 82.1 Å². The number of benzene rings is 4. The first-order valence-corrected chi connectivity index (χ1v) is 16.2. The summed E-state index contributed by atoms with van der Waals surface area (Å²) in [6.07, 6.45) is -3.43. The van der Waals surface area contributed by atoms with Crippen molar-refractivity contribution in [2.45, 2.75) is 50.4 Å². The van der Waals surface area contributed by atoms with Crippen molar-refractivity contribution in [1.29, 1.82) is 0 Å². The molecule has 0 radical (unpaired) electrons. The van der Waals surface area contributed by atoms with Crippen LogP contribution in [0.2, 0.25) is 0 Å². The molecule has 2 aromatic heterocycles. The standard InChI is InChI=1S/C20H20O9.C18H14NO2/c1-7-2-13-9(16(24)10-4-11(22)12(23)5-14(10)28-13)3-8(7)20-19(27)18(26)17(25)15(6-21)29-20;1-2-4-14-10-19-6-5-13-8-17-18(21-11-20-17)9-15(13)16(19)7-12(14)3-1/h2-5,15,17-23,25-27H,6H2,1H3;1-4,7-10H,5-6,11H2/q;+1. The number of ether oxygens (including phenoxy) is 3. The molecule has 0 saturated carbocycles. The number of aromatic nitrogens is 1. The Morgan fingerprint density at radius 3 is 2.30 bits per heavy atom. The number of phenolic OH excluding ortho intramolecular Hbond substituents is 2. The Morgan fingerprint density at radius 1 is 0.820 bits per heavy atom. The minimum Gasteiger partial charge on any atom is -0.504 e. The van der Waals surface area contributed by atoms with Gasteiger partial charge in [-0.1, -0.05) is 18.2 Å². The molecule has 6 aromatic rings. The first kappa shape index (κ1) is 32.0. The van der Waals surface area contributed by atoms with Gasteiger partial charge in [0.15, 0.2) is 35.7 Å². The summed E-state index contributed by atoms with van der Waals surface area (Å²) in [5.74, 6) is 0.846. The fourth-order valence-electron chi connectivity index (χ4n) is 7.02. The average molecular weight is 681 g/mol. The van der Waals surface area contributed by atoms with E-state index >= 15 is 0 Å². The van der Waals surface area contributed by atoms with Gasteiger partial charge in [-0.2, -0.15) is 4.57 Å². The van der Waals surface area contributed by atoms with Crippen molar-refractivity contribution in [3.8, 4) is 34.3 Å². The van der Waals surface area contributed by atoms with Crippen molar-refractivity contribution in [3.63, 3.8) is 0 Å². The van der Waals surface area contributed by atoms with Crippen LogP contribution in [0.1, 0.15) is 22.8 Å². The number of phenols is 2. The molecule has 4 aromatic carbocycles. The van der Waals surface area contributed by atoms with E-state index in [1.807, 2.05) is 0 Å². The Hall–Kier alpha value is -5.24. The van der Waals surface area contributed by atoms with Crippen LogP contribution in [0.25, 0.3) is 44.0 Å². The van der Waals surface area contributed by atoms with Crippen molar-refractivity contribution >= 4 is 32.7 Å². The minimum atomic E-state index is -1.55. The molecular weight excluding hydrogens is 646 g/mol. The number of aliphatic hydroxyl groups is 4. The normalized spacial score (nSPS) is 22.2. The molecule has 1 saturated heterocycles. The second-order valence-corrected chi connectivity index (χ2v) is 12.8. The maximum atomic E-state index is 12.9. The molecule has 3 aliphatic rings. The molecule has 0 amide bonds. The maximum absolute atomic E-state index is 12.9. The summed E-state index contributed by atoms with van der Waals surface area (Å²) >= 11 is 0. The second kappa shape index (κ2) is 12.3. The highest BCUT2D eigenvalue weighted by Crippen LogP contribution is 2.40. The van der Waals surface area contributed by atoms with Gasteiger partial charge in [0.2, 0.25) is 17.9 Å². The van der Waals surface area contributed by atoms with Crippen LogP contribution in [0, 0.1) is 6.92 Å². The Balaban J connectivity index is 0.000000151. The monoisotopic (exact) mass is 680 g/mol. The Bertz CT molecular complexity index is 2370. The highest BCUT2D eigenvalue weighted by atomic mass is 16.7. The van der Waals surface area contributed by atoms with Gasteiger partial charge >= 0.3 is 0 Å². The molecule has 6 N–H and O–H groups in total. The number of hydrogen-bond acceptors (Lipinski definition) is 11. The highest BCUT2D eigenvalue weighted by Gasteiger charge is 2.44. The average Bonchev–Trinajstić information content (AvgIpc) is 3.58. The molecule has 12 nitrogen and oxygen atoms in total. The zero-order chi connectivity index (χ0) is 34.8. The van der Waals surface area contributed by atoms with E-state index in [0.29, 0.717) is 17.9 Å². The lowest BCUT2D eigenvalue weighted by molar-refractivity contribution is -0.686. The number of pyridine rings is 1. The predicted molar refractivity (Wildman–Crippen MR) is 180 cm³/mol. The van der Waals surface area contributed by atoms with Crippen molar-refractivity contribution in [3.05, 3.63) is 99.8 Å². The molecule has 3 aliphatic heterocycles. The molecule has 0 aliphatic carbocycles. The van der Waals surface area contributed by atoms with E-state index in [4.69, 9.17) is 18.6 Å². The Kier molecular flexibility index (Phi) is 7.85. The van der Waals surface area contributed by atoms with E-state index in [9.17, 15) is 35.4 Å². The summed E-state index contributed by atoms with van der Waals surface area (Å²) < 4.78 is 24.7. The predicted octanol–water partition coefficient (Wildman–Crippen LogP) is 3.26. The Labute approximate surface area is 284 Å². The number of aromatic hydroxyl groups is 2. The summed E-state index contributed by atoms with van der Waals surface area (Å²) in [6.45, 7) is 2.46. The van der Waals surface area contributed by atoms with Crippen LogP contribution < -0.4 is 19.5 Å². The number of rotatable bonds is 2. The number of aliphatic hydroxyl groups excluding tert-OH is 4. The fourth-order valence-corrected chi connectivity index (χ4v) is 7.02. The number of nitrogens with zero attached hydrogens (tertiary/aromatic N) is 1. The van der Waals surface area contributed by atoms with Crippen LogP contribution in [0.4, 0.5) is 0 Å². The van der Waals surface area contributed by atoms with Gasteiger partial charge in [0.1, 0.15) is 41.7 Å². The van der Waals surface area contributed by atoms with E-state index in [0.717, 1.165) is 36.6 Å². The number of hydrogen-bond donors (Lipinski definition) is 6. The van der Waals surface area contributed by atoms with Gasteiger partial charge in [-0.25, -0.2) is 0 Å². The molecule has 256 valence electrons. The molecule has 0 spiro atoms. The number of fused-ring (bicyclic) bond motifs is 7. The molecule has 0 bridgehead atoms. The lowest BCUT2D eigenvalue weighted by Gasteiger charge is -2.40. The molecular formula is C38H34NO11+. The number of aryl methyl sites for hydroxylation is 3. The van der Waals surface area contributed by atoms with E-state index in [2.05, 4.69) is 53.2 Å². The van der Waals surface area contributed by atoms with E-state index in [-0.39, 0.29) is 21.9 Å². The van der Waals surface area contributed by atoms with Crippen LogP contribution in [0.3, 0.4) is 0 Å². The Morgan fingerprint density at radius 2 is 1.52 bits per heavy atom. The third kappa shape index (κ3) is 5.29. The van der Waals surface area contributed by atoms with Crippen molar-refractivity contribution in [2.75, 3.05) is 13.4 Å². The van der Waals surface area contributed by atoms with Crippen molar-refractivity contribution in [2.24, 2.45) is 0 Å². The van der Waals surface area contributed by atoms with Gasteiger partial charge in [0.05, 0.1) is 22.9 Å². The van der Waals surface area contributed by atoms with E-state index in [1.165, 1.54) is 33.7 Å². The van der Waals surface area contributed by atoms with Gasteiger partial charge in [0, 0.05) is 23.9 Å². The van der Waals surface area contributed by atoms with Gasteiger partial charge in [-0.15, -0.1) is 0 Å². The first-order chi connectivity index (χ1) is 24.1. The van der Waals surface area contributed by atoms with Crippen molar-refractivity contribution in [1.82, 2.24) is 0 Å². The van der Waals surface area contributed by atoms with Crippen molar-refractivity contribution < 1.29 is 53.8 Å². The molecule has 5 unspecified atom stereocenters. The topological polar surface area (TPSA) is 183 Å².